The lowest BCUT2D eigenvalue weighted by Gasteiger charge is -2.38. The largest absolute Gasteiger partial charge is 0.487 e. The summed E-state index contributed by atoms with van der Waals surface area (Å²) >= 11 is 0. The Labute approximate surface area is 257 Å². The van der Waals surface area contributed by atoms with Gasteiger partial charge in [-0.15, -0.1) is 0 Å². The topological polar surface area (TPSA) is 111 Å². The van der Waals surface area contributed by atoms with Gasteiger partial charge in [-0.25, -0.2) is 4.79 Å². The van der Waals surface area contributed by atoms with Gasteiger partial charge >= 0.3 is 6.03 Å². The highest BCUT2D eigenvalue weighted by Gasteiger charge is 2.34. The number of likely N-dealkylation sites (N-methyl/N-ethyl adjacent to an activating group) is 1. The number of aliphatic hydroxyl groups is 1. The van der Waals surface area contributed by atoms with E-state index in [1.807, 2.05) is 79.7 Å². The lowest BCUT2D eigenvalue weighted by atomic mass is 9.99. The number of carbonyl (C=O) groups excluding carboxylic acids is 3. The zero-order chi connectivity index (χ0) is 31.2. The maximum absolute atomic E-state index is 13.8. The first-order chi connectivity index (χ1) is 21.2. The maximum atomic E-state index is 13.8. The molecule has 0 saturated carbocycles. The SMILES string of the molecule is C[C@H]1CN([C@@H](C)CO)C(=O)c2cc(NC(=O)Cc3ccccc3)ccc2O[C@H]1CN(C)C(=O)Nc1cccc2ccccc12. The van der Waals surface area contributed by atoms with Crippen molar-refractivity contribution in [3.05, 3.63) is 102 Å². The van der Waals surface area contributed by atoms with E-state index < -0.39 is 12.1 Å². The summed E-state index contributed by atoms with van der Waals surface area (Å²) in [5.41, 5.74) is 2.34. The number of hydrogen-bond donors (Lipinski definition) is 3. The Balaban J connectivity index is 1.36. The molecule has 4 amide bonds. The van der Waals surface area contributed by atoms with Crippen LogP contribution in [0.1, 0.15) is 29.8 Å². The number of ether oxygens (including phenoxy) is 1. The van der Waals surface area contributed by atoms with Crippen LogP contribution in [-0.4, -0.2) is 71.6 Å². The average Bonchev–Trinajstić information content (AvgIpc) is 3.03. The van der Waals surface area contributed by atoms with E-state index in [4.69, 9.17) is 4.74 Å². The van der Waals surface area contributed by atoms with Gasteiger partial charge in [0.15, 0.2) is 0 Å². The highest BCUT2D eigenvalue weighted by atomic mass is 16.5. The van der Waals surface area contributed by atoms with Crippen LogP contribution in [0.5, 0.6) is 5.75 Å². The van der Waals surface area contributed by atoms with Crippen LogP contribution in [0.15, 0.2) is 91.0 Å². The second kappa shape index (κ2) is 13.6. The van der Waals surface area contributed by atoms with Crippen LogP contribution in [0.4, 0.5) is 16.2 Å². The molecule has 0 spiro atoms. The molecule has 0 saturated heterocycles. The summed E-state index contributed by atoms with van der Waals surface area (Å²) < 4.78 is 6.43. The molecule has 9 nitrogen and oxygen atoms in total. The van der Waals surface area contributed by atoms with Crippen molar-refractivity contribution in [3.8, 4) is 5.75 Å². The van der Waals surface area contributed by atoms with E-state index in [0.717, 1.165) is 16.3 Å². The van der Waals surface area contributed by atoms with Gasteiger partial charge in [-0.1, -0.05) is 73.7 Å². The van der Waals surface area contributed by atoms with Crippen LogP contribution >= 0.6 is 0 Å². The predicted octanol–water partition coefficient (Wildman–Crippen LogP) is 5.41. The fourth-order valence-electron chi connectivity index (χ4n) is 5.40. The summed E-state index contributed by atoms with van der Waals surface area (Å²) in [5, 5.41) is 17.8. The molecule has 0 aromatic heterocycles. The van der Waals surface area contributed by atoms with Crippen molar-refractivity contribution in [2.24, 2.45) is 5.92 Å². The van der Waals surface area contributed by atoms with Crippen molar-refractivity contribution >= 4 is 40.0 Å². The third-order valence-corrected chi connectivity index (χ3v) is 7.99. The summed E-state index contributed by atoms with van der Waals surface area (Å²) in [7, 11) is 1.71. The molecule has 0 unspecified atom stereocenters. The van der Waals surface area contributed by atoms with E-state index in [1.165, 1.54) is 0 Å². The third kappa shape index (κ3) is 7.01. The number of fused-ring (bicyclic) bond motifs is 2. The maximum Gasteiger partial charge on any atom is 0.321 e. The highest BCUT2D eigenvalue weighted by molar-refractivity contribution is 6.02. The fourth-order valence-corrected chi connectivity index (χ4v) is 5.40. The van der Waals surface area contributed by atoms with Crippen molar-refractivity contribution in [1.82, 2.24) is 9.80 Å². The van der Waals surface area contributed by atoms with Gasteiger partial charge in [0.25, 0.3) is 5.91 Å². The first kappa shape index (κ1) is 30.6. The Kier molecular flexibility index (Phi) is 9.45. The summed E-state index contributed by atoms with van der Waals surface area (Å²) in [6.07, 6.45) is -0.264. The fraction of sp³-hybridized carbons (Fsp3) is 0.286. The van der Waals surface area contributed by atoms with Gasteiger partial charge in [-0.2, -0.15) is 0 Å². The standard InChI is InChI=1S/C35H38N4O5/c1-23-20-39(24(2)22-40)34(42)29-19-27(36-33(41)18-25-10-5-4-6-11-25)16-17-31(29)44-32(23)21-38(3)35(43)37-30-15-9-13-26-12-7-8-14-28(26)30/h4-17,19,23-24,32,40H,18,20-22H2,1-3H3,(H,36,41)(H,37,43)/t23-,24-,32-/m0/s1. The van der Waals surface area contributed by atoms with Gasteiger partial charge in [-0.05, 0) is 42.1 Å². The Bertz CT molecular complexity index is 1640. The Hall–Kier alpha value is -4.89. The monoisotopic (exact) mass is 594 g/mol. The summed E-state index contributed by atoms with van der Waals surface area (Å²) in [4.78, 5) is 43.0. The summed E-state index contributed by atoms with van der Waals surface area (Å²) in [5.74, 6) is -0.320. The minimum atomic E-state index is -0.461. The van der Waals surface area contributed by atoms with Gasteiger partial charge < -0.3 is 30.3 Å². The molecule has 1 aliphatic heterocycles. The Morgan fingerprint density at radius 2 is 1.73 bits per heavy atom. The number of urea groups is 1. The number of benzene rings is 4. The van der Waals surface area contributed by atoms with E-state index in [2.05, 4.69) is 10.6 Å². The molecule has 3 atom stereocenters. The number of carbonyl (C=O) groups is 3. The third-order valence-electron chi connectivity index (χ3n) is 7.99. The smallest absolute Gasteiger partial charge is 0.321 e. The normalized spacial score (nSPS) is 17.1. The number of nitrogens with zero attached hydrogens (tertiary/aromatic N) is 2. The predicted molar refractivity (Wildman–Crippen MR) is 172 cm³/mol. The molecular formula is C35H38N4O5. The number of nitrogens with one attached hydrogen (secondary N) is 2. The molecule has 0 bridgehead atoms. The molecule has 1 aliphatic rings. The van der Waals surface area contributed by atoms with Crippen LogP contribution < -0.4 is 15.4 Å². The molecule has 3 N–H and O–H groups in total. The van der Waals surface area contributed by atoms with Crippen molar-refractivity contribution in [3.63, 3.8) is 0 Å². The van der Waals surface area contributed by atoms with E-state index in [9.17, 15) is 19.5 Å². The minimum absolute atomic E-state index is 0.167. The van der Waals surface area contributed by atoms with Gasteiger partial charge in [0.2, 0.25) is 5.91 Å². The summed E-state index contributed by atoms with van der Waals surface area (Å²) in [6.45, 7) is 4.11. The van der Waals surface area contributed by atoms with Gasteiger partial charge in [0.1, 0.15) is 11.9 Å². The van der Waals surface area contributed by atoms with Crippen LogP contribution in [0.25, 0.3) is 10.8 Å². The average molecular weight is 595 g/mol. The van der Waals surface area contributed by atoms with Crippen LogP contribution in [0, 0.1) is 5.92 Å². The number of hydrogen-bond acceptors (Lipinski definition) is 5. The molecule has 0 aliphatic carbocycles. The highest BCUT2D eigenvalue weighted by Crippen LogP contribution is 2.31. The Morgan fingerprint density at radius 3 is 2.50 bits per heavy atom. The molecule has 1 heterocycles. The molecule has 4 aromatic carbocycles. The number of rotatable bonds is 8. The molecule has 0 radical (unpaired) electrons. The second-order valence-electron chi connectivity index (χ2n) is 11.4. The van der Waals surface area contributed by atoms with Crippen LogP contribution in [-0.2, 0) is 11.2 Å². The van der Waals surface area contributed by atoms with E-state index in [0.29, 0.717) is 23.7 Å². The van der Waals surface area contributed by atoms with E-state index in [1.54, 1.807) is 42.0 Å². The first-order valence-electron chi connectivity index (χ1n) is 14.8. The zero-order valence-corrected chi connectivity index (χ0v) is 25.2. The number of amides is 4. The summed E-state index contributed by atoms with van der Waals surface area (Å²) in [6, 6.07) is 27.3. The zero-order valence-electron chi connectivity index (χ0n) is 25.2. The van der Waals surface area contributed by atoms with Crippen molar-refractivity contribution < 1.29 is 24.2 Å². The quantitative estimate of drug-likeness (QED) is 0.253. The molecule has 5 rings (SSSR count). The van der Waals surface area contributed by atoms with Crippen LogP contribution in [0.2, 0.25) is 0 Å². The molecule has 9 heteroatoms. The van der Waals surface area contributed by atoms with Crippen molar-refractivity contribution in [2.75, 3.05) is 37.4 Å². The molecule has 4 aromatic rings. The molecule has 0 fully saturated rings. The van der Waals surface area contributed by atoms with Crippen LogP contribution in [0.3, 0.4) is 0 Å². The number of anilines is 2. The lowest BCUT2D eigenvalue weighted by Crippen LogP contribution is -2.50. The van der Waals surface area contributed by atoms with Crippen molar-refractivity contribution in [2.45, 2.75) is 32.4 Å². The van der Waals surface area contributed by atoms with Crippen molar-refractivity contribution in [1.29, 1.82) is 0 Å². The molecular weight excluding hydrogens is 556 g/mol. The van der Waals surface area contributed by atoms with E-state index >= 15 is 0 Å². The van der Waals surface area contributed by atoms with E-state index in [-0.39, 0.29) is 48.9 Å². The van der Waals surface area contributed by atoms with Gasteiger partial charge in [0, 0.05) is 30.6 Å². The molecule has 44 heavy (non-hydrogen) atoms. The molecule has 228 valence electrons. The second-order valence-corrected chi connectivity index (χ2v) is 11.4. The Morgan fingerprint density at radius 1 is 1.00 bits per heavy atom. The number of aliphatic hydroxyl groups excluding tert-OH is 1. The lowest BCUT2D eigenvalue weighted by molar-refractivity contribution is -0.115. The minimum Gasteiger partial charge on any atom is -0.487 e. The first-order valence-corrected chi connectivity index (χ1v) is 14.8. The van der Waals surface area contributed by atoms with Gasteiger partial charge in [-0.3, -0.25) is 9.59 Å². The van der Waals surface area contributed by atoms with Gasteiger partial charge in [0.05, 0.1) is 36.9 Å².